The average molecular weight is 384 g/mol. The van der Waals surface area contributed by atoms with Crippen LogP contribution in [0, 0.1) is 0 Å². The summed E-state index contributed by atoms with van der Waals surface area (Å²) in [5, 5.41) is 0. The first kappa shape index (κ1) is 20.0. The Morgan fingerprint density at radius 2 is 1.79 bits per heavy atom. The Morgan fingerprint density at radius 3 is 2.43 bits per heavy atom. The Kier molecular flexibility index (Phi) is 6.76. The Labute approximate surface area is 166 Å². The van der Waals surface area contributed by atoms with Crippen LogP contribution in [0.3, 0.4) is 0 Å². The molecule has 0 atom stereocenters. The van der Waals surface area contributed by atoms with Gasteiger partial charge in [-0.2, -0.15) is 0 Å². The zero-order valence-electron chi connectivity index (χ0n) is 16.8. The van der Waals surface area contributed by atoms with E-state index in [1.54, 1.807) is 19.1 Å². The van der Waals surface area contributed by atoms with Crippen LogP contribution in [0.2, 0.25) is 0 Å². The lowest BCUT2D eigenvalue weighted by Crippen LogP contribution is -2.36. The number of hydrogen-bond donors (Lipinski definition) is 0. The molecule has 6 heteroatoms. The predicted molar refractivity (Wildman–Crippen MR) is 109 cm³/mol. The van der Waals surface area contributed by atoms with Crippen molar-refractivity contribution >= 4 is 11.6 Å². The highest BCUT2D eigenvalue weighted by molar-refractivity contribution is 5.79. The summed E-state index contributed by atoms with van der Waals surface area (Å²) < 4.78 is 16.0. The van der Waals surface area contributed by atoms with Crippen molar-refractivity contribution in [2.75, 3.05) is 52.5 Å². The fourth-order valence-corrected chi connectivity index (χ4v) is 3.31. The molecule has 2 aromatic carbocycles. The Balaban J connectivity index is 1.61. The molecule has 150 valence electrons. The van der Waals surface area contributed by atoms with E-state index in [0.29, 0.717) is 18.0 Å². The van der Waals surface area contributed by atoms with Crippen LogP contribution in [0.25, 0.3) is 0 Å². The zero-order valence-corrected chi connectivity index (χ0v) is 16.8. The van der Waals surface area contributed by atoms with E-state index in [1.807, 2.05) is 25.2 Å². The molecule has 1 aliphatic rings. The van der Waals surface area contributed by atoms with E-state index in [2.05, 4.69) is 29.2 Å². The van der Waals surface area contributed by atoms with Crippen LogP contribution < -0.4 is 14.4 Å². The van der Waals surface area contributed by atoms with Crippen LogP contribution in [-0.4, -0.2) is 58.4 Å². The number of carbonyl (C=O) groups is 1. The summed E-state index contributed by atoms with van der Waals surface area (Å²) in [7, 11) is 5.04. The summed E-state index contributed by atoms with van der Waals surface area (Å²) in [6.45, 7) is 3.94. The van der Waals surface area contributed by atoms with Gasteiger partial charge in [0.15, 0.2) is 0 Å². The minimum absolute atomic E-state index is 0.0313. The van der Waals surface area contributed by atoms with Crippen molar-refractivity contribution in [2.45, 2.75) is 13.0 Å². The van der Waals surface area contributed by atoms with Crippen molar-refractivity contribution in [3.63, 3.8) is 0 Å². The molecule has 0 unspecified atom stereocenters. The van der Waals surface area contributed by atoms with E-state index in [1.165, 1.54) is 5.69 Å². The molecular weight excluding hydrogens is 356 g/mol. The molecule has 1 saturated heterocycles. The molecule has 1 amide bonds. The number of methoxy groups -OCH3 is 2. The largest absolute Gasteiger partial charge is 0.497 e. The lowest BCUT2D eigenvalue weighted by molar-refractivity contribution is -0.129. The van der Waals surface area contributed by atoms with Gasteiger partial charge in [-0.3, -0.25) is 4.79 Å². The molecule has 0 radical (unpaired) electrons. The van der Waals surface area contributed by atoms with Crippen LogP contribution in [0.5, 0.6) is 11.5 Å². The molecule has 0 spiro atoms. The monoisotopic (exact) mass is 384 g/mol. The summed E-state index contributed by atoms with van der Waals surface area (Å²) in [6, 6.07) is 13.9. The van der Waals surface area contributed by atoms with E-state index >= 15 is 0 Å². The van der Waals surface area contributed by atoms with Gasteiger partial charge in [0.05, 0.1) is 33.9 Å². The average Bonchev–Trinajstić information content (AvgIpc) is 2.74. The molecule has 2 aromatic rings. The van der Waals surface area contributed by atoms with Gasteiger partial charge >= 0.3 is 0 Å². The first-order chi connectivity index (χ1) is 13.6. The number of morpholine rings is 1. The van der Waals surface area contributed by atoms with E-state index in [9.17, 15) is 4.79 Å². The Morgan fingerprint density at radius 1 is 1.07 bits per heavy atom. The van der Waals surface area contributed by atoms with Crippen molar-refractivity contribution in [2.24, 2.45) is 0 Å². The third-order valence-corrected chi connectivity index (χ3v) is 4.99. The first-order valence-electron chi connectivity index (χ1n) is 9.47. The van der Waals surface area contributed by atoms with Crippen molar-refractivity contribution in [1.29, 1.82) is 0 Å². The quantitative estimate of drug-likeness (QED) is 0.735. The standard InChI is InChI=1S/C22H28N2O4/c1-23(22(25)15-18-14-20(26-2)8-9-21(18)27-3)16-17-4-6-19(7-5-17)24-10-12-28-13-11-24/h4-9,14H,10-13,15-16H2,1-3H3. The van der Waals surface area contributed by atoms with Crippen LogP contribution in [-0.2, 0) is 22.5 Å². The molecule has 0 saturated carbocycles. The Bertz CT molecular complexity index is 786. The molecule has 1 heterocycles. The fraction of sp³-hybridized carbons (Fsp3) is 0.409. The number of amides is 1. The number of benzene rings is 2. The van der Waals surface area contributed by atoms with E-state index in [0.717, 1.165) is 37.4 Å². The van der Waals surface area contributed by atoms with Crippen molar-refractivity contribution < 1.29 is 19.0 Å². The maximum absolute atomic E-state index is 12.7. The van der Waals surface area contributed by atoms with Gasteiger partial charge in [0.1, 0.15) is 11.5 Å². The molecule has 0 N–H and O–H groups in total. The van der Waals surface area contributed by atoms with Crippen molar-refractivity contribution in [1.82, 2.24) is 4.90 Å². The van der Waals surface area contributed by atoms with Gasteiger partial charge in [-0.1, -0.05) is 12.1 Å². The molecule has 1 fully saturated rings. The molecule has 3 rings (SSSR count). The van der Waals surface area contributed by atoms with Crippen LogP contribution >= 0.6 is 0 Å². The van der Waals surface area contributed by atoms with Gasteiger partial charge in [-0.05, 0) is 35.9 Å². The van der Waals surface area contributed by atoms with Gasteiger partial charge in [-0.25, -0.2) is 0 Å². The Hall–Kier alpha value is -2.73. The van der Waals surface area contributed by atoms with E-state index in [4.69, 9.17) is 14.2 Å². The molecule has 1 aliphatic heterocycles. The normalized spacial score (nSPS) is 13.9. The first-order valence-corrected chi connectivity index (χ1v) is 9.47. The number of carbonyl (C=O) groups excluding carboxylic acids is 1. The zero-order chi connectivity index (χ0) is 19.9. The molecule has 6 nitrogen and oxygen atoms in total. The van der Waals surface area contributed by atoms with E-state index in [-0.39, 0.29) is 12.3 Å². The molecule has 28 heavy (non-hydrogen) atoms. The summed E-state index contributed by atoms with van der Waals surface area (Å²) in [5.74, 6) is 1.44. The predicted octanol–water partition coefficient (Wildman–Crippen LogP) is 2.74. The van der Waals surface area contributed by atoms with Crippen LogP contribution in [0.1, 0.15) is 11.1 Å². The van der Waals surface area contributed by atoms with Gasteiger partial charge in [0.2, 0.25) is 5.91 Å². The van der Waals surface area contributed by atoms with E-state index < -0.39 is 0 Å². The number of rotatable bonds is 7. The summed E-state index contributed by atoms with van der Waals surface area (Å²) in [4.78, 5) is 16.8. The number of anilines is 1. The highest BCUT2D eigenvalue weighted by Crippen LogP contribution is 2.25. The highest BCUT2D eigenvalue weighted by Gasteiger charge is 2.15. The van der Waals surface area contributed by atoms with Gasteiger partial charge in [0, 0.05) is 37.9 Å². The SMILES string of the molecule is COc1ccc(OC)c(CC(=O)N(C)Cc2ccc(N3CCOCC3)cc2)c1. The number of ether oxygens (including phenoxy) is 3. The molecule has 0 aromatic heterocycles. The third kappa shape index (κ3) is 4.95. The second kappa shape index (κ2) is 9.46. The minimum Gasteiger partial charge on any atom is -0.497 e. The molecule has 0 aliphatic carbocycles. The molecular formula is C22H28N2O4. The topological polar surface area (TPSA) is 51.2 Å². The molecule has 0 bridgehead atoms. The van der Waals surface area contributed by atoms with Gasteiger partial charge < -0.3 is 24.0 Å². The fourth-order valence-electron chi connectivity index (χ4n) is 3.31. The lowest BCUT2D eigenvalue weighted by Gasteiger charge is -2.29. The summed E-state index contributed by atoms with van der Waals surface area (Å²) in [5.41, 5.74) is 3.12. The van der Waals surface area contributed by atoms with Gasteiger partial charge in [0.25, 0.3) is 0 Å². The number of likely N-dealkylation sites (N-methyl/N-ethyl adjacent to an activating group) is 1. The highest BCUT2D eigenvalue weighted by atomic mass is 16.5. The maximum atomic E-state index is 12.7. The second-order valence-corrected chi connectivity index (χ2v) is 6.87. The maximum Gasteiger partial charge on any atom is 0.227 e. The van der Waals surface area contributed by atoms with Crippen LogP contribution in [0.15, 0.2) is 42.5 Å². The lowest BCUT2D eigenvalue weighted by atomic mass is 10.1. The van der Waals surface area contributed by atoms with Gasteiger partial charge in [-0.15, -0.1) is 0 Å². The van der Waals surface area contributed by atoms with Crippen molar-refractivity contribution in [3.8, 4) is 11.5 Å². The van der Waals surface area contributed by atoms with Crippen LogP contribution in [0.4, 0.5) is 5.69 Å². The summed E-state index contributed by atoms with van der Waals surface area (Å²) in [6.07, 6.45) is 0.267. The number of hydrogen-bond acceptors (Lipinski definition) is 5. The summed E-state index contributed by atoms with van der Waals surface area (Å²) >= 11 is 0. The number of nitrogens with zero attached hydrogens (tertiary/aromatic N) is 2. The minimum atomic E-state index is 0.0313. The second-order valence-electron chi connectivity index (χ2n) is 6.87. The third-order valence-electron chi connectivity index (χ3n) is 4.99. The smallest absolute Gasteiger partial charge is 0.227 e. The van der Waals surface area contributed by atoms with Crippen molar-refractivity contribution in [3.05, 3.63) is 53.6 Å².